The monoisotopic (exact) mass is 266 g/mol. The summed E-state index contributed by atoms with van der Waals surface area (Å²) in [4.78, 5) is 17.0. The van der Waals surface area contributed by atoms with Crippen molar-refractivity contribution < 1.29 is 9.53 Å². The third-order valence-corrected chi connectivity index (χ3v) is 3.57. The van der Waals surface area contributed by atoms with Crippen LogP contribution in [0, 0.1) is 0 Å². The van der Waals surface area contributed by atoms with Gasteiger partial charge in [0.05, 0.1) is 18.7 Å². The molecule has 0 unspecified atom stereocenters. The van der Waals surface area contributed by atoms with Gasteiger partial charge in [0.25, 0.3) is 0 Å². The molecule has 0 bridgehead atoms. The lowest BCUT2D eigenvalue weighted by molar-refractivity contribution is -0.142. The molecule has 0 aliphatic rings. The average Bonchev–Trinajstić information content (AvgIpc) is 2.79. The molecule has 2 heterocycles. The van der Waals surface area contributed by atoms with E-state index in [4.69, 9.17) is 4.74 Å². The molecular weight excluding hydrogens is 248 g/mol. The summed E-state index contributed by atoms with van der Waals surface area (Å²) < 4.78 is 6.96. The molecule has 0 aliphatic heterocycles. The van der Waals surface area contributed by atoms with Crippen molar-refractivity contribution in [3.8, 4) is 0 Å². The highest BCUT2D eigenvalue weighted by atomic mass is 32.1. The molecule has 0 saturated carbocycles. The second-order valence-corrected chi connectivity index (χ2v) is 6.07. The van der Waals surface area contributed by atoms with Gasteiger partial charge in [-0.15, -0.1) is 11.3 Å². The van der Waals surface area contributed by atoms with Crippen LogP contribution >= 0.6 is 11.3 Å². The number of carbonyl (C=O) groups is 1. The van der Waals surface area contributed by atoms with Crippen LogP contribution in [0.3, 0.4) is 0 Å². The molecule has 5 heteroatoms. The maximum Gasteiger partial charge on any atom is 0.311 e. The van der Waals surface area contributed by atoms with Crippen molar-refractivity contribution in [3.63, 3.8) is 0 Å². The van der Waals surface area contributed by atoms with Gasteiger partial charge in [-0.3, -0.25) is 9.20 Å². The van der Waals surface area contributed by atoms with Gasteiger partial charge in [0.2, 0.25) is 0 Å². The molecule has 0 aromatic carbocycles. The molecule has 0 amide bonds. The normalized spacial score (nSPS) is 12.0. The van der Waals surface area contributed by atoms with E-state index in [1.54, 1.807) is 11.3 Å². The standard InChI is InChI=1S/C13H18N2O2S/c1-5-17-11(16)6-9-8-18-12-14-10(7-15(9)12)13(2,3)4/h7-8H,5-6H2,1-4H3. The van der Waals surface area contributed by atoms with Crippen LogP contribution < -0.4 is 0 Å². The van der Waals surface area contributed by atoms with Crippen LogP contribution in [0.25, 0.3) is 4.96 Å². The van der Waals surface area contributed by atoms with Gasteiger partial charge in [0.15, 0.2) is 4.96 Å². The number of ether oxygens (including phenoxy) is 1. The molecule has 2 aromatic rings. The predicted octanol–water partition coefficient (Wildman–Crippen LogP) is 2.80. The average molecular weight is 266 g/mol. The third-order valence-electron chi connectivity index (χ3n) is 2.68. The second kappa shape index (κ2) is 4.72. The first kappa shape index (κ1) is 13.1. The van der Waals surface area contributed by atoms with Crippen molar-refractivity contribution in [3.05, 3.63) is 23.0 Å². The van der Waals surface area contributed by atoms with Gasteiger partial charge < -0.3 is 4.74 Å². The van der Waals surface area contributed by atoms with Crippen molar-refractivity contribution >= 4 is 22.3 Å². The van der Waals surface area contributed by atoms with Crippen molar-refractivity contribution in [2.24, 2.45) is 0 Å². The Morgan fingerprint density at radius 1 is 1.50 bits per heavy atom. The molecule has 4 nitrogen and oxygen atoms in total. The molecule has 0 spiro atoms. The van der Waals surface area contributed by atoms with Gasteiger partial charge in [-0.1, -0.05) is 20.8 Å². The van der Waals surface area contributed by atoms with E-state index < -0.39 is 0 Å². The van der Waals surface area contributed by atoms with E-state index in [2.05, 4.69) is 25.8 Å². The third kappa shape index (κ3) is 2.56. The molecule has 0 atom stereocenters. The lowest BCUT2D eigenvalue weighted by atomic mass is 9.93. The lowest BCUT2D eigenvalue weighted by Crippen LogP contribution is -2.11. The quantitative estimate of drug-likeness (QED) is 0.802. The highest BCUT2D eigenvalue weighted by molar-refractivity contribution is 7.15. The van der Waals surface area contributed by atoms with Crippen LogP contribution in [0.4, 0.5) is 0 Å². The maximum absolute atomic E-state index is 11.5. The number of carbonyl (C=O) groups excluding carboxylic acids is 1. The Kier molecular flexibility index (Phi) is 3.43. The fourth-order valence-electron chi connectivity index (χ4n) is 1.68. The van der Waals surface area contributed by atoms with Crippen molar-refractivity contribution in [1.82, 2.24) is 9.38 Å². The number of imidazole rings is 1. The van der Waals surface area contributed by atoms with E-state index in [-0.39, 0.29) is 11.4 Å². The van der Waals surface area contributed by atoms with Crippen molar-refractivity contribution in [1.29, 1.82) is 0 Å². The molecular formula is C13H18N2O2S. The predicted molar refractivity (Wildman–Crippen MR) is 72.1 cm³/mol. The van der Waals surface area contributed by atoms with Crippen LogP contribution in [0.1, 0.15) is 39.1 Å². The van der Waals surface area contributed by atoms with E-state index >= 15 is 0 Å². The molecule has 0 N–H and O–H groups in total. The minimum atomic E-state index is -0.191. The Morgan fingerprint density at radius 3 is 2.83 bits per heavy atom. The summed E-state index contributed by atoms with van der Waals surface area (Å²) in [5, 5.41) is 1.96. The van der Waals surface area contributed by atoms with Gasteiger partial charge in [-0.25, -0.2) is 4.98 Å². The second-order valence-electron chi connectivity index (χ2n) is 5.24. The summed E-state index contributed by atoms with van der Waals surface area (Å²) in [7, 11) is 0. The van der Waals surface area contributed by atoms with Crippen LogP contribution in [0.15, 0.2) is 11.6 Å². The molecule has 2 aromatic heterocycles. The number of fused-ring (bicyclic) bond motifs is 1. The Bertz CT molecular complexity index is 563. The summed E-state index contributed by atoms with van der Waals surface area (Å²) in [6.07, 6.45) is 2.31. The smallest absolute Gasteiger partial charge is 0.311 e. The maximum atomic E-state index is 11.5. The highest BCUT2D eigenvalue weighted by Crippen LogP contribution is 2.25. The topological polar surface area (TPSA) is 43.6 Å². The first-order valence-electron chi connectivity index (χ1n) is 6.03. The number of esters is 1. The summed E-state index contributed by atoms with van der Waals surface area (Å²) in [6.45, 7) is 8.62. The number of nitrogens with zero attached hydrogens (tertiary/aromatic N) is 2. The largest absolute Gasteiger partial charge is 0.466 e. The van der Waals surface area contributed by atoms with Crippen LogP contribution in [-0.4, -0.2) is 22.0 Å². The van der Waals surface area contributed by atoms with Crippen molar-refractivity contribution in [2.75, 3.05) is 6.61 Å². The van der Waals surface area contributed by atoms with E-state index in [0.717, 1.165) is 16.3 Å². The SMILES string of the molecule is CCOC(=O)Cc1csc2nc(C(C)(C)C)cn12. The molecule has 2 rings (SSSR count). The molecule has 98 valence electrons. The zero-order valence-corrected chi connectivity index (χ0v) is 12.0. The Morgan fingerprint density at radius 2 is 2.22 bits per heavy atom. The fourth-order valence-corrected chi connectivity index (χ4v) is 2.55. The molecule has 0 aliphatic carbocycles. The molecule has 18 heavy (non-hydrogen) atoms. The van der Waals surface area contributed by atoms with Gasteiger partial charge in [0, 0.05) is 22.7 Å². The van der Waals surface area contributed by atoms with E-state index in [1.807, 2.05) is 22.9 Å². The van der Waals surface area contributed by atoms with E-state index in [1.165, 1.54) is 0 Å². The Balaban J connectivity index is 2.30. The lowest BCUT2D eigenvalue weighted by Gasteiger charge is -2.13. The van der Waals surface area contributed by atoms with E-state index in [0.29, 0.717) is 13.0 Å². The first-order valence-corrected chi connectivity index (χ1v) is 6.91. The molecule has 0 saturated heterocycles. The van der Waals surface area contributed by atoms with E-state index in [9.17, 15) is 4.79 Å². The summed E-state index contributed by atoms with van der Waals surface area (Å²) >= 11 is 1.56. The van der Waals surface area contributed by atoms with Crippen LogP contribution in [-0.2, 0) is 21.4 Å². The zero-order chi connectivity index (χ0) is 13.3. The zero-order valence-electron chi connectivity index (χ0n) is 11.2. The Labute approximate surface area is 111 Å². The Hall–Kier alpha value is -1.36. The van der Waals surface area contributed by atoms with Gasteiger partial charge in [-0.05, 0) is 6.92 Å². The number of thiazole rings is 1. The van der Waals surface area contributed by atoms with Gasteiger partial charge >= 0.3 is 5.97 Å². The number of hydrogen-bond acceptors (Lipinski definition) is 4. The van der Waals surface area contributed by atoms with Crippen LogP contribution in [0.2, 0.25) is 0 Å². The fraction of sp³-hybridized carbons (Fsp3) is 0.538. The first-order chi connectivity index (χ1) is 8.41. The number of aromatic nitrogens is 2. The van der Waals surface area contributed by atoms with Crippen molar-refractivity contribution in [2.45, 2.75) is 39.5 Å². The van der Waals surface area contributed by atoms with Gasteiger partial charge in [-0.2, -0.15) is 0 Å². The summed E-state index contributed by atoms with van der Waals surface area (Å²) in [5.74, 6) is -0.191. The minimum Gasteiger partial charge on any atom is -0.466 e. The van der Waals surface area contributed by atoms with Crippen LogP contribution in [0.5, 0.6) is 0 Å². The summed E-state index contributed by atoms with van der Waals surface area (Å²) in [5.41, 5.74) is 2.00. The molecule has 0 radical (unpaired) electrons. The number of rotatable bonds is 3. The minimum absolute atomic E-state index is 0.0208. The molecule has 0 fully saturated rings. The summed E-state index contributed by atoms with van der Waals surface area (Å²) in [6, 6.07) is 0. The highest BCUT2D eigenvalue weighted by Gasteiger charge is 2.20. The number of hydrogen-bond donors (Lipinski definition) is 0. The van der Waals surface area contributed by atoms with Gasteiger partial charge in [0.1, 0.15) is 0 Å².